The molecule has 0 saturated carbocycles. The zero-order valence-corrected chi connectivity index (χ0v) is 12.9. The first-order valence-corrected chi connectivity index (χ1v) is 7.77. The maximum atomic E-state index is 11.6. The summed E-state index contributed by atoms with van der Waals surface area (Å²) in [6.45, 7) is 4.12. The van der Waals surface area contributed by atoms with Crippen LogP contribution in [-0.2, 0) is 6.42 Å². The lowest BCUT2D eigenvalue weighted by atomic mass is 10.1. The average Bonchev–Trinajstić information content (AvgIpc) is 2.47. The summed E-state index contributed by atoms with van der Waals surface area (Å²) < 4.78 is 0. The molecule has 0 aliphatic carbocycles. The molecule has 1 aromatic carbocycles. The van der Waals surface area contributed by atoms with Gasteiger partial charge in [-0.3, -0.25) is 4.79 Å². The molecule has 5 heteroatoms. The Labute approximate surface area is 128 Å². The van der Waals surface area contributed by atoms with E-state index < -0.39 is 0 Å². The molecule has 0 saturated heterocycles. The summed E-state index contributed by atoms with van der Waals surface area (Å²) in [7, 11) is 0. The van der Waals surface area contributed by atoms with Gasteiger partial charge in [0.1, 0.15) is 0 Å². The van der Waals surface area contributed by atoms with Crippen molar-refractivity contribution in [3.8, 4) is 6.07 Å². The molecule has 0 aliphatic heterocycles. The van der Waals surface area contributed by atoms with Crippen LogP contribution in [0.3, 0.4) is 0 Å². The molecule has 1 heterocycles. The van der Waals surface area contributed by atoms with Gasteiger partial charge < -0.3 is 4.98 Å². The van der Waals surface area contributed by atoms with Crippen LogP contribution in [0.25, 0.3) is 0 Å². The van der Waals surface area contributed by atoms with Crippen LogP contribution >= 0.6 is 11.8 Å². The monoisotopic (exact) mass is 299 g/mol. The molecule has 4 nitrogen and oxygen atoms in total. The van der Waals surface area contributed by atoms with Gasteiger partial charge in [0.2, 0.25) is 0 Å². The molecule has 21 heavy (non-hydrogen) atoms. The van der Waals surface area contributed by atoms with E-state index in [4.69, 9.17) is 5.26 Å². The van der Waals surface area contributed by atoms with Crippen LogP contribution in [0.5, 0.6) is 0 Å². The lowest BCUT2D eigenvalue weighted by Crippen LogP contribution is -2.10. The van der Waals surface area contributed by atoms with E-state index in [1.54, 1.807) is 18.2 Å². The summed E-state index contributed by atoms with van der Waals surface area (Å²) >= 11 is 1.51. The number of nitrogens with zero attached hydrogens (tertiary/aromatic N) is 2. The largest absolute Gasteiger partial charge is 0.301 e. The minimum atomic E-state index is -0.108. The second-order valence-electron chi connectivity index (χ2n) is 4.79. The Balaban J connectivity index is 2.16. The number of H-pyrrole nitrogens is 1. The number of hydrogen-bond acceptors (Lipinski definition) is 4. The number of aryl methyl sites for hydroxylation is 1. The fraction of sp³-hybridized carbons (Fsp3) is 0.312. The molecule has 0 unspecified atom stereocenters. The molecular weight excluding hydrogens is 282 g/mol. The van der Waals surface area contributed by atoms with E-state index in [-0.39, 0.29) is 10.8 Å². The fourth-order valence-corrected chi connectivity index (χ4v) is 2.95. The summed E-state index contributed by atoms with van der Waals surface area (Å²) in [5, 5.41) is 9.60. The third kappa shape index (κ3) is 4.20. The second-order valence-corrected chi connectivity index (χ2v) is 6.12. The van der Waals surface area contributed by atoms with E-state index in [0.29, 0.717) is 10.7 Å². The Hall–Kier alpha value is -2.06. The smallest absolute Gasteiger partial charge is 0.251 e. The Morgan fingerprint density at radius 3 is 2.71 bits per heavy atom. The van der Waals surface area contributed by atoms with Crippen molar-refractivity contribution >= 4 is 11.8 Å². The van der Waals surface area contributed by atoms with Crippen molar-refractivity contribution in [2.45, 2.75) is 37.1 Å². The molecule has 1 aromatic heterocycles. The number of aromatic amines is 1. The minimum absolute atomic E-state index is 0.108. The maximum absolute atomic E-state index is 11.6. The lowest BCUT2D eigenvalue weighted by Gasteiger charge is -2.11. The van der Waals surface area contributed by atoms with Crippen LogP contribution in [0.2, 0.25) is 0 Å². The minimum Gasteiger partial charge on any atom is -0.301 e. The van der Waals surface area contributed by atoms with Gasteiger partial charge in [-0.1, -0.05) is 37.2 Å². The zero-order valence-electron chi connectivity index (χ0n) is 12.1. The lowest BCUT2D eigenvalue weighted by molar-refractivity contribution is 0.813. The van der Waals surface area contributed by atoms with Gasteiger partial charge >= 0.3 is 0 Å². The van der Waals surface area contributed by atoms with Gasteiger partial charge in [-0.2, -0.15) is 5.26 Å². The predicted octanol–water partition coefficient (Wildman–Crippen LogP) is 3.45. The Morgan fingerprint density at radius 1 is 1.38 bits per heavy atom. The highest BCUT2D eigenvalue weighted by atomic mass is 32.2. The molecule has 2 rings (SSSR count). The normalized spacial score (nSPS) is 11.9. The fourth-order valence-electron chi connectivity index (χ4n) is 1.99. The van der Waals surface area contributed by atoms with Crippen LogP contribution < -0.4 is 5.56 Å². The van der Waals surface area contributed by atoms with Crippen molar-refractivity contribution in [1.82, 2.24) is 9.97 Å². The molecule has 0 spiro atoms. The molecular formula is C16H17N3OS. The van der Waals surface area contributed by atoms with Gasteiger partial charge in [0, 0.05) is 17.0 Å². The predicted molar refractivity (Wildman–Crippen MR) is 84.3 cm³/mol. The molecule has 0 amide bonds. The van der Waals surface area contributed by atoms with Gasteiger partial charge in [-0.15, -0.1) is 0 Å². The molecule has 0 bridgehead atoms. The first-order valence-electron chi connectivity index (χ1n) is 6.89. The van der Waals surface area contributed by atoms with E-state index >= 15 is 0 Å². The third-order valence-electron chi connectivity index (χ3n) is 3.08. The second kappa shape index (κ2) is 7.09. The van der Waals surface area contributed by atoms with Gasteiger partial charge in [-0.05, 0) is 31.0 Å². The van der Waals surface area contributed by atoms with Crippen molar-refractivity contribution in [3.63, 3.8) is 0 Å². The summed E-state index contributed by atoms with van der Waals surface area (Å²) in [6.07, 6.45) is 1.77. The summed E-state index contributed by atoms with van der Waals surface area (Å²) in [4.78, 5) is 18.9. The van der Waals surface area contributed by atoms with Crippen molar-refractivity contribution in [2.75, 3.05) is 0 Å². The SMILES string of the molecule is CCCc1cc(=O)[nH]c(S[C@@H](C)c2ccc(C#N)cc2)n1. The Morgan fingerprint density at radius 2 is 2.10 bits per heavy atom. The van der Waals surface area contributed by atoms with E-state index in [2.05, 4.69) is 29.9 Å². The summed E-state index contributed by atoms with van der Waals surface area (Å²) in [5.41, 5.74) is 2.47. The summed E-state index contributed by atoms with van der Waals surface area (Å²) in [6, 6.07) is 11.1. The zero-order chi connectivity index (χ0) is 15.2. The molecule has 0 radical (unpaired) electrons. The van der Waals surface area contributed by atoms with E-state index in [1.807, 2.05) is 12.1 Å². The van der Waals surface area contributed by atoms with Crippen molar-refractivity contribution in [3.05, 3.63) is 57.5 Å². The number of hydrogen-bond donors (Lipinski definition) is 1. The highest BCUT2D eigenvalue weighted by Crippen LogP contribution is 2.32. The van der Waals surface area contributed by atoms with Crippen LogP contribution in [0.1, 0.15) is 42.3 Å². The number of benzene rings is 1. The van der Waals surface area contributed by atoms with Crippen LogP contribution in [0, 0.1) is 11.3 Å². The topological polar surface area (TPSA) is 69.5 Å². The number of nitrogens with one attached hydrogen (secondary N) is 1. The number of rotatable bonds is 5. The first-order chi connectivity index (χ1) is 10.1. The van der Waals surface area contributed by atoms with Gasteiger partial charge in [0.15, 0.2) is 5.16 Å². The third-order valence-corrected chi connectivity index (χ3v) is 4.12. The highest BCUT2D eigenvalue weighted by molar-refractivity contribution is 7.99. The Kier molecular flexibility index (Phi) is 5.18. The molecule has 1 atom stereocenters. The standard InChI is InChI=1S/C16H17N3OS/c1-3-4-14-9-15(20)19-16(18-14)21-11(2)13-7-5-12(10-17)6-8-13/h5-9,11H,3-4H2,1-2H3,(H,18,19,20)/t11-/m0/s1. The molecule has 0 aliphatic rings. The van der Waals surface area contributed by atoms with Crippen LogP contribution in [0.4, 0.5) is 0 Å². The number of nitriles is 1. The van der Waals surface area contributed by atoms with Gasteiger partial charge in [-0.25, -0.2) is 4.98 Å². The maximum Gasteiger partial charge on any atom is 0.251 e. The molecule has 2 aromatic rings. The van der Waals surface area contributed by atoms with E-state index in [1.165, 1.54) is 11.8 Å². The first kappa shape index (κ1) is 15.3. The molecule has 108 valence electrons. The van der Waals surface area contributed by atoms with Gasteiger partial charge in [0.05, 0.1) is 11.6 Å². The average molecular weight is 299 g/mol. The number of aromatic nitrogens is 2. The van der Waals surface area contributed by atoms with E-state index in [9.17, 15) is 4.79 Å². The van der Waals surface area contributed by atoms with Crippen LogP contribution in [-0.4, -0.2) is 9.97 Å². The quantitative estimate of drug-likeness (QED) is 0.678. The van der Waals surface area contributed by atoms with Gasteiger partial charge in [0.25, 0.3) is 5.56 Å². The van der Waals surface area contributed by atoms with Crippen molar-refractivity contribution < 1.29 is 0 Å². The molecule has 1 N–H and O–H groups in total. The molecule has 0 fully saturated rings. The number of thioether (sulfide) groups is 1. The van der Waals surface area contributed by atoms with Crippen LogP contribution in [0.15, 0.2) is 40.3 Å². The van der Waals surface area contributed by atoms with Crippen molar-refractivity contribution in [1.29, 1.82) is 5.26 Å². The summed E-state index contributed by atoms with van der Waals surface area (Å²) in [5.74, 6) is 0. The Bertz CT molecular complexity index is 701. The van der Waals surface area contributed by atoms with E-state index in [0.717, 1.165) is 24.1 Å². The van der Waals surface area contributed by atoms with Crippen molar-refractivity contribution in [2.24, 2.45) is 0 Å². The highest BCUT2D eigenvalue weighted by Gasteiger charge is 2.10.